The molecule has 0 radical (unpaired) electrons. The molecule has 0 saturated heterocycles. The molecule has 1 saturated carbocycles. The molecule has 0 aromatic heterocycles. The summed E-state index contributed by atoms with van der Waals surface area (Å²) in [5.74, 6) is 1.61. The summed E-state index contributed by atoms with van der Waals surface area (Å²) in [5, 5.41) is 14.4. The topological polar surface area (TPSA) is 55.2 Å². The van der Waals surface area contributed by atoms with Crippen LogP contribution in [0.15, 0.2) is 18.2 Å². The van der Waals surface area contributed by atoms with E-state index < -0.39 is 4.92 Å². The molecule has 0 unspecified atom stereocenters. The zero-order valence-corrected chi connectivity index (χ0v) is 12.5. The van der Waals surface area contributed by atoms with Gasteiger partial charge in [0.05, 0.1) is 4.92 Å². The van der Waals surface area contributed by atoms with Crippen LogP contribution in [0.5, 0.6) is 0 Å². The summed E-state index contributed by atoms with van der Waals surface area (Å²) in [7, 11) is 0. The molecule has 4 nitrogen and oxygen atoms in total. The summed E-state index contributed by atoms with van der Waals surface area (Å²) in [6.45, 7) is 3.96. The zero-order valence-electron chi connectivity index (χ0n) is 11.8. The molecule has 1 aliphatic rings. The van der Waals surface area contributed by atoms with Gasteiger partial charge < -0.3 is 5.32 Å². The molecule has 1 aromatic rings. The Morgan fingerprint density at radius 2 is 2.05 bits per heavy atom. The summed E-state index contributed by atoms with van der Waals surface area (Å²) in [5.41, 5.74) is 0.891. The van der Waals surface area contributed by atoms with Crippen molar-refractivity contribution < 1.29 is 4.92 Å². The smallest absolute Gasteiger partial charge is 0.288 e. The predicted octanol–water partition coefficient (Wildman–Crippen LogP) is 4.16. The Morgan fingerprint density at radius 3 is 2.70 bits per heavy atom. The number of benzene rings is 1. The molecule has 0 spiro atoms. The molecule has 110 valence electrons. The van der Waals surface area contributed by atoms with Crippen LogP contribution in [-0.4, -0.2) is 11.5 Å². The van der Waals surface area contributed by atoms with Gasteiger partial charge in [0.2, 0.25) is 0 Å². The molecule has 2 rings (SSSR count). The Morgan fingerprint density at radius 1 is 1.35 bits per heavy atom. The minimum Gasteiger partial charge on any atom is -0.312 e. The van der Waals surface area contributed by atoms with Crippen molar-refractivity contribution in [1.29, 1.82) is 0 Å². The van der Waals surface area contributed by atoms with Crippen molar-refractivity contribution in [2.75, 3.05) is 6.54 Å². The fourth-order valence-electron chi connectivity index (χ4n) is 2.76. The second kappa shape index (κ2) is 7.04. The van der Waals surface area contributed by atoms with Crippen LogP contribution in [0.3, 0.4) is 0 Å². The van der Waals surface area contributed by atoms with Crippen molar-refractivity contribution in [3.05, 3.63) is 38.9 Å². The molecular formula is C15H21ClN2O2. The van der Waals surface area contributed by atoms with E-state index in [1.54, 1.807) is 12.1 Å². The molecule has 5 heteroatoms. The first-order valence-corrected chi connectivity index (χ1v) is 7.57. The second-order valence-corrected chi connectivity index (χ2v) is 6.21. The highest BCUT2D eigenvalue weighted by Gasteiger charge is 2.18. The van der Waals surface area contributed by atoms with E-state index in [0.717, 1.165) is 23.9 Å². The van der Waals surface area contributed by atoms with Crippen LogP contribution in [0.1, 0.15) is 38.2 Å². The van der Waals surface area contributed by atoms with E-state index in [1.807, 2.05) is 6.07 Å². The Kier molecular flexibility index (Phi) is 5.38. The van der Waals surface area contributed by atoms with Crippen molar-refractivity contribution in [3.8, 4) is 0 Å². The van der Waals surface area contributed by atoms with Gasteiger partial charge in [0.25, 0.3) is 5.69 Å². The Balaban J connectivity index is 1.82. The van der Waals surface area contributed by atoms with Gasteiger partial charge in [-0.1, -0.05) is 37.4 Å². The number of rotatable bonds is 5. The van der Waals surface area contributed by atoms with Crippen LogP contribution in [0.4, 0.5) is 5.69 Å². The molecule has 1 aromatic carbocycles. The average molecular weight is 297 g/mol. The van der Waals surface area contributed by atoms with Crippen LogP contribution in [-0.2, 0) is 6.54 Å². The van der Waals surface area contributed by atoms with Gasteiger partial charge in [-0.3, -0.25) is 10.1 Å². The second-order valence-electron chi connectivity index (χ2n) is 5.80. The molecule has 1 aliphatic carbocycles. The number of halogens is 1. The third-order valence-corrected chi connectivity index (χ3v) is 4.42. The van der Waals surface area contributed by atoms with Gasteiger partial charge >= 0.3 is 0 Å². The van der Waals surface area contributed by atoms with Gasteiger partial charge in [-0.2, -0.15) is 0 Å². The molecule has 1 fully saturated rings. The number of nitrogens with zero attached hydrogens (tertiary/aromatic N) is 1. The lowest BCUT2D eigenvalue weighted by molar-refractivity contribution is -0.384. The molecule has 20 heavy (non-hydrogen) atoms. The number of hydrogen-bond acceptors (Lipinski definition) is 3. The van der Waals surface area contributed by atoms with Crippen LogP contribution in [0.25, 0.3) is 0 Å². The maximum Gasteiger partial charge on any atom is 0.288 e. The monoisotopic (exact) mass is 296 g/mol. The normalized spacial score (nSPS) is 22.7. The lowest BCUT2D eigenvalue weighted by Crippen LogP contribution is -2.25. The standard InChI is InChI=1S/C15H21ClN2O2/c1-11-2-4-12(5-3-11)9-17-10-13-6-7-14(16)15(8-13)18(19)20/h6-8,11-12,17H,2-5,9-10H2,1H3. The van der Waals surface area contributed by atoms with Gasteiger partial charge in [-0.25, -0.2) is 0 Å². The van der Waals surface area contributed by atoms with E-state index >= 15 is 0 Å². The quantitative estimate of drug-likeness (QED) is 0.655. The van der Waals surface area contributed by atoms with Crippen molar-refractivity contribution in [2.45, 2.75) is 39.2 Å². The minimum absolute atomic E-state index is 0.0162. The summed E-state index contributed by atoms with van der Waals surface area (Å²) in [4.78, 5) is 10.4. The maximum absolute atomic E-state index is 10.8. The van der Waals surface area contributed by atoms with E-state index in [9.17, 15) is 10.1 Å². The van der Waals surface area contributed by atoms with E-state index in [1.165, 1.54) is 25.7 Å². The predicted molar refractivity (Wildman–Crippen MR) is 80.9 cm³/mol. The molecule has 0 atom stereocenters. The number of hydrogen-bond donors (Lipinski definition) is 1. The fraction of sp³-hybridized carbons (Fsp3) is 0.600. The summed E-state index contributed by atoms with van der Waals surface area (Å²) >= 11 is 5.80. The number of nitrogens with one attached hydrogen (secondary N) is 1. The number of nitro groups is 1. The third kappa shape index (κ3) is 4.18. The van der Waals surface area contributed by atoms with Crippen molar-refractivity contribution in [2.24, 2.45) is 11.8 Å². The van der Waals surface area contributed by atoms with Crippen molar-refractivity contribution in [3.63, 3.8) is 0 Å². The van der Waals surface area contributed by atoms with E-state index in [0.29, 0.717) is 6.54 Å². The first-order chi connectivity index (χ1) is 9.56. The van der Waals surface area contributed by atoms with Gasteiger partial charge in [0.1, 0.15) is 5.02 Å². The molecule has 0 aliphatic heterocycles. The van der Waals surface area contributed by atoms with E-state index in [-0.39, 0.29) is 10.7 Å². The van der Waals surface area contributed by atoms with E-state index in [2.05, 4.69) is 12.2 Å². The zero-order chi connectivity index (χ0) is 14.5. The van der Waals surface area contributed by atoms with Crippen LogP contribution < -0.4 is 5.32 Å². The summed E-state index contributed by atoms with van der Waals surface area (Å²) < 4.78 is 0. The van der Waals surface area contributed by atoms with Crippen molar-refractivity contribution in [1.82, 2.24) is 5.32 Å². The molecule has 0 amide bonds. The average Bonchev–Trinajstić information content (AvgIpc) is 2.42. The van der Waals surface area contributed by atoms with Crippen LogP contribution >= 0.6 is 11.6 Å². The van der Waals surface area contributed by atoms with Gasteiger partial charge in [-0.05, 0) is 42.9 Å². The van der Waals surface area contributed by atoms with Gasteiger partial charge in [0, 0.05) is 12.6 Å². The largest absolute Gasteiger partial charge is 0.312 e. The SMILES string of the molecule is CC1CCC(CNCc2ccc(Cl)c([N+](=O)[O-])c2)CC1. The first-order valence-electron chi connectivity index (χ1n) is 7.20. The van der Waals surface area contributed by atoms with E-state index in [4.69, 9.17) is 11.6 Å². The Hall–Kier alpha value is -1.13. The third-order valence-electron chi connectivity index (χ3n) is 4.10. The lowest BCUT2D eigenvalue weighted by Gasteiger charge is -2.26. The van der Waals surface area contributed by atoms with Crippen LogP contribution in [0, 0.1) is 22.0 Å². The Labute approximate surface area is 124 Å². The minimum atomic E-state index is -0.436. The molecule has 1 N–H and O–H groups in total. The molecule has 0 heterocycles. The first kappa shape index (κ1) is 15.3. The fourth-order valence-corrected chi connectivity index (χ4v) is 2.95. The van der Waals surface area contributed by atoms with Crippen LogP contribution in [0.2, 0.25) is 5.02 Å². The molecular weight excluding hydrogens is 276 g/mol. The summed E-state index contributed by atoms with van der Waals surface area (Å²) in [6.07, 6.45) is 5.21. The molecule has 0 bridgehead atoms. The highest BCUT2D eigenvalue weighted by Crippen LogP contribution is 2.28. The van der Waals surface area contributed by atoms with Gasteiger partial charge in [-0.15, -0.1) is 0 Å². The highest BCUT2D eigenvalue weighted by molar-refractivity contribution is 6.32. The highest BCUT2D eigenvalue weighted by atomic mass is 35.5. The summed E-state index contributed by atoms with van der Waals surface area (Å²) in [6, 6.07) is 4.99. The lowest BCUT2D eigenvalue weighted by atomic mass is 9.83. The van der Waals surface area contributed by atoms with Gasteiger partial charge in [0.15, 0.2) is 0 Å². The maximum atomic E-state index is 10.8. The Bertz CT molecular complexity index is 471. The van der Waals surface area contributed by atoms with Crippen molar-refractivity contribution >= 4 is 17.3 Å². The number of nitro benzene ring substituents is 1.